The van der Waals surface area contributed by atoms with Gasteiger partial charge in [0.05, 0.1) is 0 Å². The van der Waals surface area contributed by atoms with Gasteiger partial charge in [0.15, 0.2) is 6.10 Å². The average Bonchev–Trinajstić information content (AvgIpc) is 3.29. The van der Waals surface area contributed by atoms with Gasteiger partial charge in [0.2, 0.25) is 0 Å². The van der Waals surface area contributed by atoms with Crippen molar-refractivity contribution in [1.82, 2.24) is 0 Å². The van der Waals surface area contributed by atoms with Gasteiger partial charge in [-0.25, -0.2) is 0 Å². The van der Waals surface area contributed by atoms with Gasteiger partial charge >= 0.3 is 17.9 Å². The number of hydrogen-bond donors (Lipinski definition) is 0. The van der Waals surface area contributed by atoms with Crippen molar-refractivity contribution in [2.24, 2.45) is 0 Å². The molecule has 0 fully saturated rings. The molecule has 0 aromatic carbocycles. The van der Waals surface area contributed by atoms with Crippen LogP contribution in [0.1, 0.15) is 233 Å². The minimum absolute atomic E-state index is 0.114. The predicted octanol–water partition coefficient (Wildman–Crippen LogP) is 17.4. The monoisotopic (exact) mass is 889 g/mol. The zero-order valence-electron chi connectivity index (χ0n) is 41.5. The number of carbonyl (C=O) groups is 3. The smallest absolute Gasteiger partial charge is 0.306 e. The van der Waals surface area contributed by atoms with Crippen molar-refractivity contribution in [3.8, 4) is 0 Å². The second-order valence-corrected chi connectivity index (χ2v) is 17.1. The molecule has 0 heterocycles. The van der Waals surface area contributed by atoms with E-state index in [4.69, 9.17) is 14.2 Å². The molecule has 0 aromatic rings. The molecule has 0 aromatic heterocycles. The Morgan fingerprint density at radius 3 is 1.19 bits per heavy atom. The normalized spacial score (nSPS) is 12.9. The highest BCUT2D eigenvalue weighted by Crippen LogP contribution is 2.15. The Labute approximate surface area is 394 Å². The fourth-order valence-electron chi connectivity index (χ4n) is 6.97. The largest absolute Gasteiger partial charge is 0.462 e. The fourth-order valence-corrected chi connectivity index (χ4v) is 6.97. The summed E-state index contributed by atoms with van der Waals surface area (Å²) in [6, 6.07) is 0. The third-order valence-corrected chi connectivity index (χ3v) is 10.9. The van der Waals surface area contributed by atoms with E-state index in [2.05, 4.69) is 81.5 Å². The minimum atomic E-state index is -0.814. The van der Waals surface area contributed by atoms with E-state index in [-0.39, 0.29) is 37.5 Å². The molecule has 6 heteroatoms. The lowest BCUT2D eigenvalue weighted by Gasteiger charge is -2.18. The molecule has 6 nitrogen and oxygen atoms in total. The highest BCUT2D eigenvalue weighted by atomic mass is 16.6. The van der Waals surface area contributed by atoms with Crippen molar-refractivity contribution in [1.29, 1.82) is 0 Å². The Balaban J connectivity index is 4.51. The van der Waals surface area contributed by atoms with Gasteiger partial charge in [0, 0.05) is 19.3 Å². The first kappa shape index (κ1) is 60.3. The molecule has 0 spiro atoms. The lowest BCUT2D eigenvalue weighted by atomic mass is 10.0. The molecule has 0 radical (unpaired) electrons. The van der Waals surface area contributed by atoms with Crippen LogP contribution in [0.3, 0.4) is 0 Å². The van der Waals surface area contributed by atoms with E-state index in [1.807, 2.05) is 36.5 Å². The summed E-state index contributed by atoms with van der Waals surface area (Å²) in [6.45, 7) is 6.39. The molecule has 0 aliphatic heterocycles. The number of hydrogen-bond acceptors (Lipinski definition) is 6. The van der Waals surface area contributed by atoms with Crippen LogP contribution >= 0.6 is 0 Å². The number of esters is 3. The Bertz CT molecular complexity index is 1300. The van der Waals surface area contributed by atoms with Crippen molar-refractivity contribution in [2.75, 3.05) is 13.2 Å². The molecule has 0 bridgehead atoms. The van der Waals surface area contributed by atoms with Crippen LogP contribution in [-0.4, -0.2) is 37.2 Å². The van der Waals surface area contributed by atoms with Crippen molar-refractivity contribution in [2.45, 2.75) is 239 Å². The number of carbonyl (C=O) groups excluding carboxylic acids is 3. The van der Waals surface area contributed by atoms with Crippen molar-refractivity contribution in [3.05, 3.63) is 97.2 Å². The van der Waals surface area contributed by atoms with Crippen LogP contribution in [0.25, 0.3) is 0 Å². The quantitative estimate of drug-likeness (QED) is 0.0199. The molecule has 0 rings (SSSR count). The third-order valence-electron chi connectivity index (χ3n) is 10.9. The van der Waals surface area contributed by atoms with E-state index in [9.17, 15) is 14.4 Å². The Kier molecular flexibility index (Phi) is 49.0. The van der Waals surface area contributed by atoms with Gasteiger partial charge in [0.25, 0.3) is 0 Å². The molecular weight excluding hydrogens is 793 g/mol. The highest BCUT2D eigenvalue weighted by Gasteiger charge is 2.19. The molecule has 0 N–H and O–H groups in total. The zero-order chi connectivity index (χ0) is 46.5. The van der Waals surface area contributed by atoms with E-state index < -0.39 is 6.10 Å². The van der Waals surface area contributed by atoms with Crippen molar-refractivity contribution >= 4 is 17.9 Å². The van der Waals surface area contributed by atoms with Crippen LogP contribution in [0.5, 0.6) is 0 Å². The molecule has 0 aliphatic rings. The van der Waals surface area contributed by atoms with Crippen molar-refractivity contribution < 1.29 is 28.6 Å². The van der Waals surface area contributed by atoms with Crippen LogP contribution in [0.2, 0.25) is 0 Å². The molecule has 1 atom stereocenters. The minimum Gasteiger partial charge on any atom is -0.462 e. The molecule has 0 aliphatic carbocycles. The van der Waals surface area contributed by atoms with Crippen LogP contribution in [0, 0.1) is 0 Å². The third kappa shape index (κ3) is 49.3. The van der Waals surface area contributed by atoms with E-state index in [0.29, 0.717) is 19.3 Å². The SMILES string of the molecule is CC/C=C/C=C/C=C/C=C/CCCCCC(=O)OCC(COC(=O)CCC/C=C/C/C=C/C/C=C/C/C=C/CCCCC)OC(=O)CCCCCCCCCCCCCCCCCC. The first-order valence-corrected chi connectivity index (χ1v) is 26.3. The van der Waals surface area contributed by atoms with E-state index in [0.717, 1.165) is 77.0 Å². The first-order valence-electron chi connectivity index (χ1n) is 26.3. The molecular formula is C58H96O6. The second kappa shape index (κ2) is 52.0. The summed E-state index contributed by atoms with van der Waals surface area (Å²) >= 11 is 0. The maximum absolute atomic E-state index is 12.8. The Morgan fingerprint density at radius 1 is 0.344 bits per heavy atom. The molecule has 0 saturated heterocycles. The summed E-state index contributed by atoms with van der Waals surface area (Å²) in [5, 5.41) is 0. The second-order valence-electron chi connectivity index (χ2n) is 17.1. The summed E-state index contributed by atoms with van der Waals surface area (Å²) < 4.78 is 16.7. The predicted molar refractivity (Wildman–Crippen MR) is 274 cm³/mol. The first-order chi connectivity index (χ1) is 31.5. The summed E-state index contributed by atoms with van der Waals surface area (Å²) in [5.41, 5.74) is 0. The van der Waals surface area contributed by atoms with Crippen LogP contribution < -0.4 is 0 Å². The van der Waals surface area contributed by atoms with Gasteiger partial charge in [-0.15, -0.1) is 0 Å². The summed E-state index contributed by atoms with van der Waals surface area (Å²) in [4.78, 5) is 38.0. The molecule has 364 valence electrons. The Hall–Kier alpha value is -3.67. The van der Waals surface area contributed by atoms with E-state index in [1.165, 1.54) is 109 Å². The summed E-state index contributed by atoms with van der Waals surface area (Å²) in [6.07, 6.45) is 68.3. The van der Waals surface area contributed by atoms with Crippen molar-refractivity contribution in [3.63, 3.8) is 0 Å². The van der Waals surface area contributed by atoms with Gasteiger partial charge in [-0.05, 0) is 77.0 Å². The number of unbranched alkanes of at least 4 members (excludes halogenated alkanes) is 22. The van der Waals surface area contributed by atoms with Gasteiger partial charge in [-0.1, -0.05) is 234 Å². The van der Waals surface area contributed by atoms with Gasteiger partial charge in [-0.2, -0.15) is 0 Å². The van der Waals surface area contributed by atoms with Gasteiger partial charge in [0.1, 0.15) is 13.2 Å². The van der Waals surface area contributed by atoms with Crippen LogP contribution in [0.4, 0.5) is 0 Å². The molecule has 0 saturated carbocycles. The highest BCUT2D eigenvalue weighted by molar-refractivity contribution is 5.71. The van der Waals surface area contributed by atoms with Gasteiger partial charge in [-0.3, -0.25) is 14.4 Å². The van der Waals surface area contributed by atoms with E-state index >= 15 is 0 Å². The fraction of sp³-hybridized carbons (Fsp3) is 0.672. The lowest BCUT2D eigenvalue weighted by molar-refractivity contribution is -0.167. The van der Waals surface area contributed by atoms with E-state index in [1.54, 1.807) is 0 Å². The molecule has 0 amide bonds. The zero-order valence-corrected chi connectivity index (χ0v) is 41.5. The Morgan fingerprint density at radius 2 is 0.688 bits per heavy atom. The number of allylic oxidation sites excluding steroid dienone is 16. The number of rotatable bonds is 46. The van der Waals surface area contributed by atoms with Gasteiger partial charge < -0.3 is 14.2 Å². The molecule has 1 unspecified atom stereocenters. The average molecular weight is 889 g/mol. The van der Waals surface area contributed by atoms with Crippen LogP contribution in [-0.2, 0) is 28.6 Å². The lowest BCUT2D eigenvalue weighted by Crippen LogP contribution is -2.30. The number of ether oxygens (including phenoxy) is 3. The maximum atomic E-state index is 12.8. The van der Waals surface area contributed by atoms with Crippen LogP contribution in [0.15, 0.2) is 97.2 Å². The molecule has 64 heavy (non-hydrogen) atoms. The standard InChI is InChI=1S/C58H96O6/c1-4-7-10-13-16-19-22-25-27-29-31-33-36-39-42-45-48-51-57(60)63-54-55(53-62-56(59)50-47-44-41-38-35-32-24-21-18-15-12-9-6-3)64-58(61)52-49-46-43-40-37-34-30-28-26-23-20-17-14-11-8-5-2/h9,12,15-16,18-19,21,24-25,27,31-33,35,39,42,55H,4-8,10-11,13-14,17,20,22-23,26,28-30,34,36-38,40-41,43-54H2,1-3H3/b12-9+,18-15+,19-16+,24-21+,27-25+,33-31+,35-32+,42-39+. The topological polar surface area (TPSA) is 78.9 Å². The summed E-state index contributed by atoms with van der Waals surface area (Å²) in [7, 11) is 0. The maximum Gasteiger partial charge on any atom is 0.306 e. The summed E-state index contributed by atoms with van der Waals surface area (Å²) in [5.74, 6) is -1.01.